The summed E-state index contributed by atoms with van der Waals surface area (Å²) < 4.78 is 37.5. The molecular formula is C10H8ClF3O. The molecule has 0 bridgehead atoms. The van der Waals surface area contributed by atoms with E-state index in [0.717, 1.165) is 12.1 Å². The third kappa shape index (κ3) is 2.72. The first kappa shape index (κ1) is 12.0. The molecule has 5 heteroatoms. The topological polar surface area (TPSA) is 17.1 Å². The van der Waals surface area contributed by atoms with Crippen LogP contribution in [0.25, 0.3) is 0 Å². The van der Waals surface area contributed by atoms with Crippen LogP contribution in [-0.4, -0.2) is 5.78 Å². The molecule has 0 heterocycles. The van der Waals surface area contributed by atoms with Gasteiger partial charge in [-0.2, -0.15) is 13.2 Å². The van der Waals surface area contributed by atoms with Crippen LogP contribution < -0.4 is 0 Å². The maximum absolute atomic E-state index is 12.5. The summed E-state index contributed by atoms with van der Waals surface area (Å²) in [4.78, 5) is 11.2. The molecule has 0 N–H and O–H groups in total. The number of hydrogen-bond acceptors (Lipinski definition) is 1. The lowest BCUT2D eigenvalue weighted by atomic mass is 10.0. The summed E-state index contributed by atoms with van der Waals surface area (Å²) in [7, 11) is 0. The average Bonchev–Trinajstić information content (AvgIpc) is 2.15. The molecule has 0 saturated heterocycles. The fourth-order valence-electron chi connectivity index (χ4n) is 1.18. The first-order valence-electron chi connectivity index (χ1n) is 4.26. The molecule has 1 rings (SSSR count). The van der Waals surface area contributed by atoms with E-state index in [1.165, 1.54) is 13.0 Å². The zero-order chi connectivity index (χ0) is 11.6. The lowest BCUT2D eigenvalue weighted by molar-refractivity contribution is -0.137. The van der Waals surface area contributed by atoms with Crippen LogP contribution in [0, 0.1) is 0 Å². The van der Waals surface area contributed by atoms with Gasteiger partial charge in [-0.25, -0.2) is 0 Å². The number of alkyl halides is 3. The summed E-state index contributed by atoms with van der Waals surface area (Å²) in [6.07, 6.45) is -4.52. The van der Waals surface area contributed by atoms with Crippen molar-refractivity contribution in [1.29, 1.82) is 0 Å². The van der Waals surface area contributed by atoms with Crippen molar-refractivity contribution in [3.8, 4) is 0 Å². The number of carbonyl (C=O) groups is 1. The molecule has 1 aromatic carbocycles. The van der Waals surface area contributed by atoms with Gasteiger partial charge in [0.1, 0.15) is 0 Å². The summed E-state index contributed by atoms with van der Waals surface area (Å²) in [5, 5.41) is -0.0324. The Labute approximate surface area is 89.9 Å². The molecule has 0 radical (unpaired) electrons. The summed E-state index contributed by atoms with van der Waals surface area (Å²) in [5.41, 5.74) is -1.30. The third-order valence-electron chi connectivity index (χ3n) is 1.91. The fourth-order valence-corrected chi connectivity index (χ4v) is 1.36. The number of halogens is 4. The van der Waals surface area contributed by atoms with Gasteiger partial charge in [-0.05, 0) is 18.2 Å². The fraction of sp³-hybridized carbons (Fsp3) is 0.300. The lowest BCUT2D eigenvalue weighted by Crippen LogP contribution is -2.12. The van der Waals surface area contributed by atoms with Crippen LogP contribution in [0.3, 0.4) is 0 Å². The molecule has 0 amide bonds. The van der Waals surface area contributed by atoms with Gasteiger partial charge in [0.25, 0.3) is 0 Å². The Hall–Kier alpha value is -1.03. The van der Waals surface area contributed by atoms with E-state index in [9.17, 15) is 18.0 Å². The molecule has 0 fully saturated rings. The van der Waals surface area contributed by atoms with Crippen LogP contribution in [-0.2, 0) is 6.18 Å². The van der Waals surface area contributed by atoms with E-state index in [4.69, 9.17) is 11.6 Å². The maximum atomic E-state index is 12.5. The molecular weight excluding hydrogens is 229 g/mol. The number of ketones is 1. The quantitative estimate of drug-likeness (QED) is 0.711. The maximum Gasteiger partial charge on any atom is 0.417 e. The molecule has 0 aliphatic heterocycles. The van der Waals surface area contributed by atoms with Gasteiger partial charge in [0.2, 0.25) is 0 Å². The van der Waals surface area contributed by atoms with Crippen molar-refractivity contribution < 1.29 is 18.0 Å². The largest absolute Gasteiger partial charge is 0.417 e. The van der Waals surface area contributed by atoms with Crippen LogP contribution >= 0.6 is 11.6 Å². The SMILES string of the molecule is CCC(=O)c1ccc(Cl)cc1C(F)(F)F. The summed E-state index contributed by atoms with van der Waals surface area (Å²) >= 11 is 5.46. The highest BCUT2D eigenvalue weighted by molar-refractivity contribution is 6.30. The predicted octanol–water partition coefficient (Wildman–Crippen LogP) is 3.95. The number of hydrogen-bond donors (Lipinski definition) is 0. The monoisotopic (exact) mass is 236 g/mol. The van der Waals surface area contributed by atoms with E-state index in [2.05, 4.69) is 0 Å². The number of benzene rings is 1. The van der Waals surface area contributed by atoms with Crippen molar-refractivity contribution >= 4 is 17.4 Å². The van der Waals surface area contributed by atoms with Crippen LogP contribution in [0.2, 0.25) is 5.02 Å². The van der Waals surface area contributed by atoms with E-state index >= 15 is 0 Å². The molecule has 0 aromatic heterocycles. The minimum Gasteiger partial charge on any atom is -0.294 e. The van der Waals surface area contributed by atoms with Gasteiger partial charge in [0, 0.05) is 17.0 Å². The highest BCUT2D eigenvalue weighted by Gasteiger charge is 2.34. The Bertz CT molecular complexity index is 385. The third-order valence-corrected chi connectivity index (χ3v) is 2.14. The van der Waals surface area contributed by atoms with E-state index in [1.807, 2.05) is 0 Å². The van der Waals surface area contributed by atoms with Gasteiger partial charge in [-0.15, -0.1) is 0 Å². The molecule has 0 atom stereocenters. The van der Waals surface area contributed by atoms with E-state index in [0.29, 0.717) is 0 Å². The van der Waals surface area contributed by atoms with Gasteiger partial charge in [0.15, 0.2) is 5.78 Å². The second-order valence-electron chi connectivity index (χ2n) is 2.96. The second kappa shape index (κ2) is 4.23. The van der Waals surface area contributed by atoms with Crippen molar-refractivity contribution in [2.24, 2.45) is 0 Å². The Kier molecular flexibility index (Phi) is 3.39. The standard InChI is InChI=1S/C10H8ClF3O/c1-2-9(15)7-4-3-6(11)5-8(7)10(12,13)14/h3-5H,2H2,1H3. The molecule has 0 aliphatic rings. The number of rotatable bonds is 2. The summed E-state index contributed by atoms with van der Waals surface area (Å²) in [6.45, 7) is 1.51. The molecule has 0 aliphatic carbocycles. The first-order chi connectivity index (χ1) is 6.86. The van der Waals surface area contributed by atoms with Crippen LogP contribution in [0.15, 0.2) is 18.2 Å². The summed E-state index contributed by atoms with van der Waals surface area (Å²) in [6, 6.07) is 3.15. The van der Waals surface area contributed by atoms with Crippen molar-refractivity contribution in [2.75, 3.05) is 0 Å². The second-order valence-corrected chi connectivity index (χ2v) is 3.40. The van der Waals surface area contributed by atoms with Crippen LogP contribution in [0.4, 0.5) is 13.2 Å². The van der Waals surface area contributed by atoms with Crippen molar-refractivity contribution in [3.63, 3.8) is 0 Å². The Morgan fingerprint density at radius 1 is 1.40 bits per heavy atom. The molecule has 15 heavy (non-hydrogen) atoms. The van der Waals surface area contributed by atoms with Gasteiger partial charge in [0.05, 0.1) is 5.56 Å². The highest BCUT2D eigenvalue weighted by Crippen LogP contribution is 2.34. The Balaban J connectivity index is 3.33. The first-order valence-corrected chi connectivity index (χ1v) is 4.64. The van der Waals surface area contributed by atoms with E-state index in [-0.39, 0.29) is 17.0 Å². The van der Waals surface area contributed by atoms with Crippen molar-refractivity contribution in [1.82, 2.24) is 0 Å². The zero-order valence-corrected chi connectivity index (χ0v) is 8.62. The minimum absolute atomic E-state index is 0.0324. The number of Topliss-reactive ketones (excluding diaryl/α,β-unsaturated/α-hetero) is 1. The van der Waals surface area contributed by atoms with E-state index in [1.54, 1.807) is 0 Å². The molecule has 0 unspecified atom stereocenters. The Morgan fingerprint density at radius 3 is 2.47 bits per heavy atom. The molecule has 1 aromatic rings. The van der Waals surface area contributed by atoms with Crippen molar-refractivity contribution in [2.45, 2.75) is 19.5 Å². The molecule has 82 valence electrons. The summed E-state index contributed by atoms with van der Waals surface area (Å²) in [5.74, 6) is -0.543. The predicted molar refractivity (Wildman–Crippen MR) is 51.1 cm³/mol. The Morgan fingerprint density at radius 2 is 2.00 bits per heavy atom. The van der Waals surface area contributed by atoms with Crippen molar-refractivity contribution in [3.05, 3.63) is 34.3 Å². The van der Waals surface area contributed by atoms with Crippen LogP contribution in [0.1, 0.15) is 29.3 Å². The normalized spacial score (nSPS) is 11.5. The van der Waals surface area contributed by atoms with Gasteiger partial charge in [-0.1, -0.05) is 18.5 Å². The van der Waals surface area contributed by atoms with Gasteiger partial charge < -0.3 is 0 Å². The molecule has 0 saturated carbocycles. The highest BCUT2D eigenvalue weighted by atomic mass is 35.5. The van der Waals surface area contributed by atoms with Gasteiger partial charge in [-0.3, -0.25) is 4.79 Å². The minimum atomic E-state index is -4.55. The molecule has 0 spiro atoms. The van der Waals surface area contributed by atoms with Crippen LogP contribution in [0.5, 0.6) is 0 Å². The average molecular weight is 237 g/mol. The van der Waals surface area contributed by atoms with Gasteiger partial charge >= 0.3 is 6.18 Å². The molecule has 1 nitrogen and oxygen atoms in total. The van der Waals surface area contributed by atoms with E-state index < -0.39 is 17.5 Å². The smallest absolute Gasteiger partial charge is 0.294 e. The zero-order valence-electron chi connectivity index (χ0n) is 7.86. The lowest BCUT2D eigenvalue weighted by Gasteiger charge is -2.11. The number of carbonyl (C=O) groups excluding carboxylic acids is 1.